The van der Waals surface area contributed by atoms with Crippen molar-refractivity contribution < 1.29 is 14.7 Å². The number of hydrogen-bond donors (Lipinski definition) is 2. The summed E-state index contributed by atoms with van der Waals surface area (Å²) < 4.78 is 0. The molecule has 1 aromatic rings. The summed E-state index contributed by atoms with van der Waals surface area (Å²) in [7, 11) is 1.66. The highest BCUT2D eigenvalue weighted by Crippen LogP contribution is 2.11. The fourth-order valence-electron chi connectivity index (χ4n) is 1.43. The second-order valence-electron chi connectivity index (χ2n) is 3.92. The Labute approximate surface area is 106 Å². The Bertz CT molecular complexity index is 452. The first-order valence-corrected chi connectivity index (χ1v) is 5.56. The molecule has 18 heavy (non-hydrogen) atoms. The van der Waals surface area contributed by atoms with Crippen LogP contribution in [0.15, 0.2) is 29.3 Å². The summed E-state index contributed by atoms with van der Waals surface area (Å²) in [4.78, 5) is 26.0. The lowest BCUT2D eigenvalue weighted by Gasteiger charge is -2.12. The number of hydrogen-bond acceptors (Lipinski definition) is 4. The number of aromatic hydroxyl groups is 1. The van der Waals surface area contributed by atoms with Crippen LogP contribution in [0.5, 0.6) is 5.75 Å². The molecule has 5 nitrogen and oxygen atoms in total. The van der Waals surface area contributed by atoms with E-state index in [1.165, 1.54) is 6.92 Å². The molecule has 0 bridgehead atoms. The van der Waals surface area contributed by atoms with E-state index in [0.717, 1.165) is 11.8 Å². The number of rotatable bonds is 5. The normalized spacial score (nSPS) is 12.6. The second-order valence-corrected chi connectivity index (χ2v) is 3.92. The van der Waals surface area contributed by atoms with Gasteiger partial charge in [0.1, 0.15) is 5.75 Å². The number of aliphatic imine (C=N–C) groups is 1. The molecule has 0 aliphatic rings. The zero-order valence-electron chi connectivity index (χ0n) is 10.4. The highest BCUT2D eigenvalue weighted by Gasteiger charge is 2.15. The average molecular weight is 248 g/mol. The average Bonchev–Trinajstić information content (AvgIpc) is 2.35. The van der Waals surface area contributed by atoms with Crippen molar-refractivity contribution >= 4 is 17.9 Å². The van der Waals surface area contributed by atoms with E-state index in [1.54, 1.807) is 31.3 Å². The maximum atomic E-state index is 11.7. The monoisotopic (exact) mass is 248 g/mol. The predicted octanol–water partition coefficient (Wildman–Crippen LogP) is 0.709. The SMILES string of the molecule is CNC(Cc1ccc(O)cc1)C(=O)/N=C/C(C)=O. The molecule has 0 aromatic heterocycles. The maximum absolute atomic E-state index is 11.7. The molecule has 1 atom stereocenters. The molecule has 1 aromatic carbocycles. The lowest BCUT2D eigenvalue weighted by atomic mass is 10.1. The Morgan fingerprint density at radius 1 is 1.39 bits per heavy atom. The zero-order chi connectivity index (χ0) is 13.5. The standard InChI is InChI=1S/C13H16N2O3/c1-9(16)8-15-13(18)12(14-2)7-10-3-5-11(17)6-4-10/h3-6,8,12,14,17H,7H2,1-2H3/b15-8+. The Morgan fingerprint density at radius 3 is 2.50 bits per heavy atom. The summed E-state index contributed by atoms with van der Waals surface area (Å²) in [6.45, 7) is 1.34. The molecule has 2 N–H and O–H groups in total. The van der Waals surface area contributed by atoms with Crippen LogP contribution < -0.4 is 5.32 Å². The van der Waals surface area contributed by atoms with Crippen LogP contribution in [0.25, 0.3) is 0 Å². The summed E-state index contributed by atoms with van der Waals surface area (Å²) in [5.41, 5.74) is 0.901. The van der Waals surface area contributed by atoms with Gasteiger partial charge in [0, 0.05) is 6.92 Å². The molecule has 0 heterocycles. The van der Waals surface area contributed by atoms with Gasteiger partial charge >= 0.3 is 0 Å². The highest BCUT2D eigenvalue weighted by atomic mass is 16.3. The van der Waals surface area contributed by atoms with Crippen molar-refractivity contribution in [1.82, 2.24) is 5.32 Å². The molecule has 0 saturated carbocycles. The Balaban J connectivity index is 2.69. The number of ketones is 1. The molecule has 0 radical (unpaired) electrons. The Hall–Kier alpha value is -2.01. The summed E-state index contributed by atoms with van der Waals surface area (Å²) in [5, 5.41) is 12.0. The van der Waals surface area contributed by atoms with Crippen molar-refractivity contribution in [3.05, 3.63) is 29.8 Å². The predicted molar refractivity (Wildman–Crippen MR) is 68.8 cm³/mol. The smallest absolute Gasteiger partial charge is 0.263 e. The minimum absolute atomic E-state index is 0.181. The number of nitrogens with zero attached hydrogens (tertiary/aromatic N) is 1. The van der Waals surface area contributed by atoms with E-state index in [9.17, 15) is 9.59 Å². The van der Waals surface area contributed by atoms with E-state index in [0.29, 0.717) is 6.42 Å². The molecule has 1 unspecified atom stereocenters. The fraction of sp³-hybridized carbons (Fsp3) is 0.308. The van der Waals surface area contributed by atoms with Crippen LogP contribution in [0, 0.1) is 0 Å². The molecular formula is C13H16N2O3. The van der Waals surface area contributed by atoms with Crippen LogP contribution >= 0.6 is 0 Å². The van der Waals surface area contributed by atoms with Crippen LogP contribution in [-0.2, 0) is 16.0 Å². The minimum Gasteiger partial charge on any atom is -0.508 e. The number of carbonyl (C=O) groups is 2. The van der Waals surface area contributed by atoms with Gasteiger partial charge in [-0.15, -0.1) is 0 Å². The van der Waals surface area contributed by atoms with Gasteiger partial charge in [0.05, 0.1) is 12.3 Å². The van der Waals surface area contributed by atoms with Gasteiger partial charge < -0.3 is 10.4 Å². The first-order chi connectivity index (χ1) is 8.52. The van der Waals surface area contributed by atoms with Crippen LogP contribution in [0.3, 0.4) is 0 Å². The number of Topliss-reactive ketones (excluding diaryl/α,β-unsaturated/α-hetero) is 1. The van der Waals surface area contributed by atoms with Gasteiger partial charge in [-0.25, -0.2) is 4.99 Å². The van der Waals surface area contributed by atoms with Gasteiger partial charge in [-0.2, -0.15) is 0 Å². The topological polar surface area (TPSA) is 78.8 Å². The molecule has 0 saturated heterocycles. The summed E-state index contributed by atoms with van der Waals surface area (Å²) >= 11 is 0. The summed E-state index contributed by atoms with van der Waals surface area (Å²) in [5.74, 6) is -0.468. The zero-order valence-corrected chi connectivity index (χ0v) is 10.4. The molecule has 0 aliphatic heterocycles. The van der Waals surface area contributed by atoms with Crippen molar-refractivity contribution in [2.75, 3.05) is 7.05 Å². The highest BCUT2D eigenvalue weighted by molar-refractivity contribution is 6.28. The fourth-order valence-corrected chi connectivity index (χ4v) is 1.43. The number of likely N-dealkylation sites (N-methyl/N-ethyl adjacent to an activating group) is 1. The largest absolute Gasteiger partial charge is 0.508 e. The number of phenols is 1. The lowest BCUT2D eigenvalue weighted by molar-refractivity contribution is -0.120. The maximum Gasteiger partial charge on any atom is 0.263 e. The molecule has 96 valence electrons. The van der Waals surface area contributed by atoms with Gasteiger partial charge in [0.15, 0.2) is 5.78 Å². The molecule has 1 amide bonds. The third-order valence-corrected chi connectivity index (χ3v) is 2.40. The van der Waals surface area contributed by atoms with E-state index in [1.807, 2.05) is 0 Å². The number of nitrogens with one attached hydrogen (secondary N) is 1. The van der Waals surface area contributed by atoms with Gasteiger partial charge in [-0.05, 0) is 31.2 Å². The number of carbonyl (C=O) groups excluding carboxylic acids is 2. The van der Waals surface area contributed by atoms with E-state index >= 15 is 0 Å². The quantitative estimate of drug-likeness (QED) is 0.752. The summed E-state index contributed by atoms with van der Waals surface area (Å²) in [6, 6.07) is 6.12. The van der Waals surface area contributed by atoms with Crippen molar-refractivity contribution in [3.8, 4) is 5.75 Å². The van der Waals surface area contributed by atoms with E-state index in [-0.39, 0.29) is 17.4 Å². The lowest BCUT2D eigenvalue weighted by Crippen LogP contribution is -2.35. The number of phenolic OH excluding ortho intramolecular Hbond substituents is 1. The van der Waals surface area contributed by atoms with Crippen molar-refractivity contribution in [1.29, 1.82) is 0 Å². The van der Waals surface area contributed by atoms with Crippen LogP contribution in [0.2, 0.25) is 0 Å². The van der Waals surface area contributed by atoms with Crippen LogP contribution in [0.4, 0.5) is 0 Å². The van der Waals surface area contributed by atoms with Crippen molar-refractivity contribution in [2.24, 2.45) is 4.99 Å². The van der Waals surface area contributed by atoms with Gasteiger partial charge in [0.2, 0.25) is 0 Å². The molecular weight excluding hydrogens is 232 g/mol. The Kier molecular flexibility index (Phi) is 5.20. The van der Waals surface area contributed by atoms with Gasteiger partial charge in [0.25, 0.3) is 5.91 Å². The number of amides is 1. The van der Waals surface area contributed by atoms with Crippen LogP contribution in [-0.4, -0.2) is 36.1 Å². The third kappa shape index (κ3) is 4.47. The van der Waals surface area contributed by atoms with Gasteiger partial charge in [-0.3, -0.25) is 9.59 Å². The molecule has 0 fully saturated rings. The second kappa shape index (κ2) is 6.66. The van der Waals surface area contributed by atoms with E-state index in [4.69, 9.17) is 5.11 Å². The molecule has 5 heteroatoms. The van der Waals surface area contributed by atoms with Crippen molar-refractivity contribution in [3.63, 3.8) is 0 Å². The van der Waals surface area contributed by atoms with E-state index < -0.39 is 6.04 Å². The molecule has 0 spiro atoms. The first-order valence-electron chi connectivity index (χ1n) is 5.56. The number of benzene rings is 1. The van der Waals surface area contributed by atoms with E-state index in [2.05, 4.69) is 10.3 Å². The summed E-state index contributed by atoms with van der Waals surface area (Å²) in [6.07, 6.45) is 1.47. The molecule has 0 aliphatic carbocycles. The van der Waals surface area contributed by atoms with Crippen molar-refractivity contribution in [2.45, 2.75) is 19.4 Å². The van der Waals surface area contributed by atoms with Gasteiger partial charge in [-0.1, -0.05) is 12.1 Å². The van der Waals surface area contributed by atoms with Crippen LogP contribution in [0.1, 0.15) is 12.5 Å². The minimum atomic E-state index is -0.481. The molecule has 1 rings (SSSR count). The third-order valence-electron chi connectivity index (χ3n) is 2.40. The Morgan fingerprint density at radius 2 is 2.00 bits per heavy atom. The first kappa shape index (κ1) is 14.1.